The van der Waals surface area contributed by atoms with Crippen molar-refractivity contribution in [2.45, 2.75) is 12.3 Å². The molecule has 0 heterocycles. The summed E-state index contributed by atoms with van der Waals surface area (Å²) in [5.41, 5.74) is 0. The Hall–Kier alpha value is 0.820. The van der Waals surface area contributed by atoms with E-state index in [1.165, 1.54) is 0 Å². The molecule has 0 bridgehead atoms. The second-order valence-corrected chi connectivity index (χ2v) is 8.58. The van der Waals surface area contributed by atoms with Crippen molar-refractivity contribution in [3.63, 3.8) is 0 Å². The van der Waals surface area contributed by atoms with Gasteiger partial charge in [-0.25, -0.2) is 0 Å². The van der Waals surface area contributed by atoms with Crippen LogP contribution in [0.1, 0.15) is 6.92 Å². The molecule has 0 rings (SSSR count). The second kappa shape index (κ2) is 6.35. The zero-order chi connectivity index (χ0) is 8.85. The van der Waals surface area contributed by atoms with E-state index in [0.29, 0.717) is 0 Å². The van der Waals surface area contributed by atoms with E-state index in [1.54, 1.807) is 0 Å². The Morgan fingerprint density at radius 2 is 1.55 bits per heavy atom. The molecule has 0 spiro atoms. The fraction of sp³-hybridized carbons (Fsp3) is 1.00. The van der Waals surface area contributed by atoms with Crippen LogP contribution in [0, 0.1) is 0 Å². The van der Waals surface area contributed by atoms with Crippen LogP contribution >= 0.6 is 15.8 Å². The van der Waals surface area contributed by atoms with E-state index in [0.717, 1.165) is 18.6 Å². The standard InChI is InChI=1S/C8H20OP2/c1-6-9-7-8(10(2)3)11(4)5/h8H,6-7H2,1-5H3. The summed E-state index contributed by atoms with van der Waals surface area (Å²) in [5.74, 6) is 0. The zero-order valence-electron chi connectivity index (χ0n) is 8.29. The highest BCUT2D eigenvalue weighted by molar-refractivity contribution is 7.74. The van der Waals surface area contributed by atoms with Gasteiger partial charge >= 0.3 is 0 Å². The van der Waals surface area contributed by atoms with Gasteiger partial charge in [-0.3, -0.25) is 0 Å². The molecule has 1 nitrogen and oxygen atoms in total. The van der Waals surface area contributed by atoms with Crippen LogP contribution in [0.25, 0.3) is 0 Å². The third-order valence-electron chi connectivity index (χ3n) is 1.66. The van der Waals surface area contributed by atoms with Gasteiger partial charge in [-0.15, -0.1) is 15.8 Å². The number of rotatable bonds is 5. The summed E-state index contributed by atoms with van der Waals surface area (Å²) in [6.07, 6.45) is 0. The van der Waals surface area contributed by atoms with Gasteiger partial charge in [-0.2, -0.15) is 0 Å². The quantitative estimate of drug-likeness (QED) is 0.611. The van der Waals surface area contributed by atoms with Crippen LogP contribution in [0.15, 0.2) is 0 Å². The maximum atomic E-state index is 5.45. The summed E-state index contributed by atoms with van der Waals surface area (Å²) in [7, 11) is 0.378. The molecule has 0 amide bonds. The third kappa shape index (κ3) is 5.12. The van der Waals surface area contributed by atoms with Gasteiger partial charge in [0, 0.05) is 12.0 Å². The highest BCUT2D eigenvalue weighted by atomic mass is 31.2. The number of hydrogen-bond donors (Lipinski definition) is 0. The van der Waals surface area contributed by atoms with Gasteiger partial charge < -0.3 is 4.74 Å². The molecule has 0 aromatic heterocycles. The molecular weight excluding hydrogens is 174 g/mol. The van der Waals surface area contributed by atoms with Crippen LogP contribution in [0.4, 0.5) is 0 Å². The first kappa shape index (κ1) is 11.8. The van der Waals surface area contributed by atoms with Gasteiger partial charge in [0.2, 0.25) is 0 Å². The van der Waals surface area contributed by atoms with Crippen molar-refractivity contribution in [1.82, 2.24) is 0 Å². The lowest BCUT2D eigenvalue weighted by molar-refractivity contribution is 0.159. The molecule has 0 atom stereocenters. The predicted octanol–water partition coefficient (Wildman–Crippen LogP) is 2.83. The summed E-state index contributed by atoms with van der Waals surface area (Å²) < 4.78 is 5.45. The highest BCUT2D eigenvalue weighted by Gasteiger charge is 2.15. The predicted molar refractivity (Wildman–Crippen MR) is 57.8 cm³/mol. The number of ether oxygens (including phenoxy) is 1. The first-order chi connectivity index (χ1) is 5.09. The summed E-state index contributed by atoms with van der Waals surface area (Å²) in [4.78, 5) is 0. The molecule has 0 aliphatic heterocycles. The van der Waals surface area contributed by atoms with Crippen LogP contribution in [-0.2, 0) is 4.74 Å². The molecule has 11 heavy (non-hydrogen) atoms. The monoisotopic (exact) mass is 194 g/mol. The smallest absolute Gasteiger partial charge is 0.0572 e. The Bertz CT molecular complexity index is 86.1. The average molecular weight is 194 g/mol. The van der Waals surface area contributed by atoms with Crippen molar-refractivity contribution >= 4 is 15.8 Å². The van der Waals surface area contributed by atoms with Crippen molar-refractivity contribution in [3.05, 3.63) is 0 Å². The highest BCUT2D eigenvalue weighted by Crippen LogP contribution is 2.50. The maximum absolute atomic E-state index is 5.45. The zero-order valence-corrected chi connectivity index (χ0v) is 10.1. The minimum Gasteiger partial charge on any atom is -0.381 e. The fourth-order valence-electron chi connectivity index (χ4n) is 0.983. The Balaban J connectivity index is 3.70. The summed E-state index contributed by atoms with van der Waals surface area (Å²) in [6, 6.07) is 0. The lowest BCUT2D eigenvalue weighted by Gasteiger charge is -2.24. The van der Waals surface area contributed by atoms with Crippen molar-refractivity contribution in [3.8, 4) is 0 Å². The second-order valence-electron chi connectivity index (χ2n) is 3.07. The molecule has 0 aromatic rings. The number of hydrogen-bond acceptors (Lipinski definition) is 1. The topological polar surface area (TPSA) is 9.23 Å². The largest absolute Gasteiger partial charge is 0.381 e. The van der Waals surface area contributed by atoms with E-state index >= 15 is 0 Å². The molecule has 0 radical (unpaired) electrons. The molecule has 0 unspecified atom stereocenters. The molecule has 0 aliphatic rings. The first-order valence-electron chi connectivity index (χ1n) is 4.00. The molecule has 0 fully saturated rings. The Morgan fingerprint density at radius 1 is 1.09 bits per heavy atom. The van der Waals surface area contributed by atoms with E-state index in [4.69, 9.17) is 4.74 Å². The van der Waals surface area contributed by atoms with Crippen molar-refractivity contribution in [2.75, 3.05) is 39.9 Å². The fourth-order valence-corrected chi connectivity index (χ4v) is 5.49. The van der Waals surface area contributed by atoms with Crippen LogP contribution < -0.4 is 0 Å². The molecule has 0 aliphatic carbocycles. The summed E-state index contributed by atoms with van der Waals surface area (Å²) in [6.45, 7) is 13.3. The first-order valence-corrected chi connectivity index (χ1v) is 8.61. The molecular formula is C8H20OP2. The Morgan fingerprint density at radius 3 is 1.82 bits per heavy atom. The van der Waals surface area contributed by atoms with E-state index in [9.17, 15) is 0 Å². The van der Waals surface area contributed by atoms with Gasteiger partial charge in [0.25, 0.3) is 0 Å². The van der Waals surface area contributed by atoms with E-state index in [-0.39, 0.29) is 15.8 Å². The molecule has 68 valence electrons. The summed E-state index contributed by atoms with van der Waals surface area (Å²) in [5, 5.41) is 0.847. The van der Waals surface area contributed by atoms with Crippen LogP contribution in [0.3, 0.4) is 0 Å². The van der Waals surface area contributed by atoms with Gasteiger partial charge in [-0.1, -0.05) is 0 Å². The molecule has 0 N–H and O–H groups in total. The van der Waals surface area contributed by atoms with Crippen molar-refractivity contribution < 1.29 is 4.74 Å². The lowest BCUT2D eigenvalue weighted by Crippen LogP contribution is -2.11. The maximum Gasteiger partial charge on any atom is 0.0572 e. The Kier molecular flexibility index (Phi) is 6.82. The molecule has 0 aromatic carbocycles. The van der Waals surface area contributed by atoms with Crippen LogP contribution in [0.2, 0.25) is 0 Å². The van der Waals surface area contributed by atoms with Gasteiger partial charge in [0.05, 0.1) is 6.61 Å². The van der Waals surface area contributed by atoms with Gasteiger partial charge in [0.1, 0.15) is 0 Å². The minimum absolute atomic E-state index is 0.189. The average Bonchev–Trinajstić information content (AvgIpc) is 1.87. The van der Waals surface area contributed by atoms with E-state index in [2.05, 4.69) is 33.6 Å². The Labute approximate surface area is 73.4 Å². The van der Waals surface area contributed by atoms with Gasteiger partial charge in [-0.05, 0) is 33.6 Å². The SMILES string of the molecule is CCOCC(P(C)C)P(C)C. The van der Waals surface area contributed by atoms with E-state index < -0.39 is 0 Å². The minimum atomic E-state index is 0.189. The lowest BCUT2D eigenvalue weighted by atomic mass is 10.8. The van der Waals surface area contributed by atoms with Crippen LogP contribution in [0.5, 0.6) is 0 Å². The molecule has 0 saturated heterocycles. The van der Waals surface area contributed by atoms with Gasteiger partial charge in [0.15, 0.2) is 0 Å². The molecule has 0 saturated carbocycles. The van der Waals surface area contributed by atoms with E-state index in [1.807, 2.05) is 0 Å². The normalized spacial score (nSPS) is 12.0. The third-order valence-corrected chi connectivity index (χ3v) is 7.12. The van der Waals surface area contributed by atoms with Crippen molar-refractivity contribution in [2.24, 2.45) is 0 Å². The summed E-state index contributed by atoms with van der Waals surface area (Å²) >= 11 is 0. The van der Waals surface area contributed by atoms with Crippen molar-refractivity contribution in [1.29, 1.82) is 0 Å². The molecule has 3 heteroatoms. The van der Waals surface area contributed by atoms with Crippen LogP contribution in [-0.4, -0.2) is 45.3 Å².